The molecule has 4 nitrogen and oxygen atoms in total. The minimum absolute atomic E-state index is 0.258. The number of carbonyl (C=O) groups is 2. The first kappa shape index (κ1) is 20.3. The first-order valence-electron chi connectivity index (χ1n) is 11.1. The van der Waals surface area contributed by atoms with Crippen molar-refractivity contribution in [2.45, 2.75) is 33.6 Å². The van der Waals surface area contributed by atoms with E-state index in [4.69, 9.17) is 0 Å². The van der Waals surface area contributed by atoms with E-state index in [1.54, 1.807) is 0 Å². The van der Waals surface area contributed by atoms with Gasteiger partial charge in [-0.1, -0.05) is 61.0 Å². The molecule has 3 aromatic rings. The fraction of sp³-hybridized carbons (Fsp3) is 0.214. The molecular weight excluding hydrogens is 396 g/mol. The molecule has 0 N–H and O–H groups in total. The maximum Gasteiger partial charge on any atom is 0.282 e. The van der Waals surface area contributed by atoms with Crippen molar-refractivity contribution >= 4 is 28.8 Å². The molecule has 160 valence electrons. The third-order valence-electron chi connectivity index (χ3n) is 6.47. The molecule has 3 aromatic carbocycles. The summed E-state index contributed by atoms with van der Waals surface area (Å²) in [6, 6.07) is 21.9. The van der Waals surface area contributed by atoms with E-state index in [1.165, 1.54) is 16.0 Å². The van der Waals surface area contributed by atoms with Crippen LogP contribution in [0.25, 0.3) is 5.57 Å². The molecule has 32 heavy (non-hydrogen) atoms. The second-order valence-corrected chi connectivity index (χ2v) is 8.54. The molecule has 0 spiro atoms. The van der Waals surface area contributed by atoms with Crippen LogP contribution in [0.4, 0.5) is 11.4 Å². The van der Waals surface area contributed by atoms with Crippen LogP contribution in [-0.4, -0.2) is 18.4 Å². The van der Waals surface area contributed by atoms with Gasteiger partial charge in [-0.3, -0.25) is 9.59 Å². The molecule has 0 fully saturated rings. The van der Waals surface area contributed by atoms with Gasteiger partial charge in [0.1, 0.15) is 5.70 Å². The SMILES string of the molecule is CCc1ccc(N2C(=O)C(c3ccc(C)cc3C)=C(N3CCc4ccccc43)C2=O)cc1. The second-order valence-electron chi connectivity index (χ2n) is 8.54. The number of fused-ring (bicyclic) bond motifs is 1. The van der Waals surface area contributed by atoms with Crippen molar-refractivity contribution in [1.29, 1.82) is 0 Å². The molecule has 2 aliphatic heterocycles. The van der Waals surface area contributed by atoms with Crippen LogP contribution in [-0.2, 0) is 22.4 Å². The van der Waals surface area contributed by atoms with Crippen LogP contribution in [0, 0.1) is 13.8 Å². The Morgan fingerprint density at radius 1 is 0.875 bits per heavy atom. The topological polar surface area (TPSA) is 40.6 Å². The zero-order valence-electron chi connectivity index (χ0n) is 18.7. The quantitative estimate of drug-likeness (QED) is 0.542. The molecule has 0 aromatic heterocycles. The van der Waals surface area contributed by atoms with Gasteiger partial charge in [-0.15, -0.1) is 0 Å². The van der Waals surface area contributed by atoms with Crippen LogP contribution >= 0.6 is 0 Å². The summed E-state index contributed by atoms with van der Waals surface area (Å²) in [4.78, 5) is 31.0. The van der Waals surface area contributed by atoms with E-state index < -0.39 is 0 Å². The van der Waals surface area contributed by atoms with Crippen molar-refractivity contribution in [3.8, 4) is 0 Å². The van der Waals surface area contributed by atoms with E-state index in [2.05, 4.69) is 19.1 Å². The van der Waals surface area contributed by atoms with Gasteiger partial charge in [-0.05, 0) is 67.1 Å². The molecule has 0 radical (unpaired) electrons. The third-order valence-corrected chi connectivity index (χ3v) is 6.47. The number of anilines is 2. The highest BCUT2D eigenvalue weighted by Gasteiger charge is 2.44. The van der Waals surface area contributed by atoms with E-state index >= 15 is 0 Å². The summed E-state index contributed by atoms with van der Waals surface area (Å²) in [6.45, 7) is 6.81. The highest BCUT2D eigenvalue weighted by atomic mass is 16.2. The summed E-state index contributed by atoms with van der Waals surface area (Å²) < 4.78 is 0. The van der Waals surface area contributed by atoms with Gasteiger partial charge in [0.2, 0.25) is 0 Å². The number of imide groups is 1. The number of benzene rings is 3. The van der Waals surface area contributed by atoms with E-state index in [0.29, 0.717) is 23.5 Å². The Morgan fingerprint density at radius 2 is 1.62 bits per heavy atom. The van der Waals surface area contributed by atoms with Gasteiger partial charge >= 0.3 is 0 Å². The number of hydrogen-bond donors (Lipinski definition) is 0. The summed E-state index contributed by atoms with van der Waals surface area (Å²) in [5, 5.41) is 0. The maximum atomic E-state index is 13.8. The van der Waals surface area contributed by atoms with Crippen LogP contribution in [0.5, 0.6) is 0 Å². The molecule has 0 atom stereocenters. The summed E-state index contributed by atoms with van der Waals surface area (Å²) in [5.74, 6) is -0.517. The fourth-order valence-corrected chi connectivity index (χ4v) is 4.79. The van der Waals surface area contributed by atoms with Crippen molar-refractivity contribution in [2.75, 3.05) is 16.3 Å². The Balaban J connectivity index is 1.68. The molecule has 4 heteroatoms. The minimum atomic E-state index is -0.259. The molecule has 2 aliphatic rings. The third kappa shape index (κ3) is 3.14. The van der Waals surface area contributed by atoms with E-state index in [1.807, 2.05) is 73.3 Å². The lowest BCUT2D eigenvalue weighted by Gasteiger charge is -2.22. The number of hydrogen-bond acceptors (Lipinski definition) is 3. The molecule has 0 saturated carbocycles. The average molecular weight is 423 g/mol. The largest absolute Gasteiger partial charge is 0.336 e. The van der Waals surface area contributed by atoms with Gasteiger partial charge in [0, 0.05) is 12.2 Å². The lowest BCUT2D eigenvalue weighted by atomic mass is 9.97. The van der Waals surface area contributed by atoms with Crippen LogP contribution in [0.15, 0.2) is 72.4 Å². The van der Waals surface area contributed by atoms with Crippen molar-refractivity contribution < 1.29 is 9.59 Å². The van der Waals surface area contributed by atoms with Gasteiger partial charge in [-0.2, -0.15) is 0 Å². The van der Waals surface area contributed by atoms with Crippen molar-refractivity contribution in [3.05, 3.63) is 100 Å². The van der Waals surface area contributed by atoms with Crippen LogP contribution < -0.4 is 9.80 Å². The second kappa shape index (κ2) is 7.79. The Bertz CT molecular complexity index is 1270. The van der Waals surface area contributed by atoms with E-state index in [0.717, 1.165) is 35.2 Å². The molecule has 0 bridgehead atoms. The van der Waals surface area contributed by atoms with Crippen molar-refractivity contribution in [3.63, 3.8) is 0 Å². The number of para-hydroxylation sites is 1. The predicted octanol–water partition coefficient (Wildman–Crippen LogP) is 5.21. The van der Waals surface area contributed by atoms with E-state index in [-0.39, 0.29) is 11.8 Å². The Hall–Kier alpha value is -3.66. The van der Waals surface area contributed by atoms with Gasteiger partial charge in [0.05, 0.1) is 11.3 Å². The average Bonchev–Trinajstić information content (AvgIpc) is 3.32. The molecule has 0 saturated heterocycles. The molecule has 2 amide bonds. The van der Waals surface area contributed by atoms with Gasteiger partial charge in [0.25, 0.3) is 11.8 Å². The number of nitrogens with zero attached hydrogens (tertiary/aromatic N) is 2. The zero-order chi connectivity index (χ0) is 22.4. The van der Waals surface area contributed by atoms with Crippen LogP contribution in [0.1, 0.15) is 34.7 Å². The smallest absolute Gasteiger partial charge is 0.282 e. The first-order chi connectivity index (χ1) is 15.5. The molecule has 0 aliphatic carbocycles. The van der Waals surface area contributed by atoms with E-state index in [9.17, 15) is 9.59 Å². The number of rotatable bonds is 4. The van der Waals surface area contributed by atoms with Gasteiger partial charge in [0.15, 0.2) is 0 Å². The summed E-state index contributed by atoms with van der Waals surface area (Å²) in [6.07, 6.45) is 1.76. The minimum Gasteiger partial charge on any atom is -0.336 e. The lowest BCUT2D eigenvalue weighted by molar-refractivity contribution is -0.120. The van der Waals surface area contributed by atoms with Crippen LogP contribution in [0.2, 0.25) is 0 Å². The zero-order valence-corrected chi connectivity index (χ0v) is 18.7. The standard InChI is InChI=1S/C28H26N2O2/c1-4-20-10-12-22(13-11-20)30-27(31)25(23-14-9-18(2)17-19(23)3)26(28(30)32)29-16-15-21-7-5-6-8-24(21)29/h5-14,17H,4,15-16H2,1-3H3. The van der Waals surface area contributed by atoms with Gasteiger partial charge in [-0.25, -0.2) is 4.90 Å². The Morgan fingerprint density at radius 3 is 2.34 bits per heavy atom. The number of amides is 2. The Labute approximate surface area is 188 Å². The van der Waals surface area contributed by atoms with Crippen molar-refractivity contribution in [2.24, 2.45) is 0 Å². The van der Waals surface area contributed by atoms with Crippen LogP contribution in [0.3, 0.4) is 0 Å². The van der Waals surface area contributed by atoms with Crippen molar-refractivity contribution in [1.82, 2.24) is 0 Å². The highest BCUT2D eigenvalue weighted by molar-refractivity contribution is 6.46. The molecule has 2 heterocycles. The monoisotopic (exact) mass is 422 g/mol. The lowest BCUT2D eigenvalue weighted by Crippen LogP contribution is -2.34. The predicted molar refractivity (Wildman–Crippen MR) is 129 cm³/mol. The molecular formula is C28H26N2O2. The summed E-state index contributed by atoms with van der Waals surface area (Å²) in [5.41, 5.74) is 7.90. The highest BCUT2D eigenvalue weighted by Crippen LogP contribution is 2.40. The van der Waals surface area contributed by atoms with Gasteiger partial charge < -0.3 is 4.90 Å². The molecule has 0 unspecified atom stereocenters. The first-order valence-corrected chi connectivity index (χ1v) is 11.1. The maximum absolute atomic E-state index is 13.8. The number of carbonyl (C=O) groups excluding carboxylic acids is 2. The summed E-state index contributed by atoms with van der Waals surface area (Å²) in [7, 11) is 0. The summed E-state index contributed by atoms with van der Waals surface area (Å²) >= 11 is 0. The fourth-order valence-electron chi connectivity index (χ4n) is 4.79. The normalized spacial score (nSPS) is 15.7. The molecule has 5 rings (SSSR count). The number of aryl methyl sites for hydroxylation is 3. The Kier molecular flexibility index (Phi) is 4.93.